The number of hydrogen-bond acceptors (Lipinski definition) is 4. The zero-order valence-corrected chi connectivity index (χ0v) is 13.9. The van der Waals surface area contributed by atoms with E-state index < -0.39 is 23.8 Å². The predicted octanol–water partition coefficient (Wildman–Crippen LogP) is 3.42. The van der Waals surface area contributed by atoms with Crippen LogP contribution in [0.15, 0.2) is 54.6 Å². The Morgan fingerprint density at radius 2 is 1.92 bits per heavy atom. The number of anilines is 1. The SMILES string of the molecule is COc1cccc(/C=C/C(=O)O[C@H](C)C(=O)Nc2ccccc2F)c1. The van der Waals surface area contributed by atoms with Gasteiger partial charge in [-0.15, -0.1) is 0 Å². The van der Waals surface area contributed by atoms with Crippen LogP contribution in [0.3, 0.4) is 0 Å². The molecule has 6 heteroatoms. The Balaban J connectivity index is 1.91. The van der Waals surface area contributed by atoms with Crippen molar-refractivity contribution in [3.8, 4) is 5.75 Å². The Bertz CT molecular complexity index is 788. The molecular weight excluding hydrogens is 325 g/mol. The first kappa shape index (κ1) is 18.2. The molecule has 0 saturated heterocycles. The molecule has 5 nitrogen and oxygen atoms in total. The lowest BCUT2D eigenvalue weighted by Crippen LogP contribution is -2.29. The van der Waals surface area contributed by atoms with E-state index >= 15 is 0 Å². The first-order valence-electron chi connectivity index (χ1n) is 7.57. The van der Waals surface area contributed by atoms with Gasteiger partial charge in [0.2, 0.25) is 0 Å². The quantitative estimate of drug-likeness (QED) is 0.645. The average molecular weight is 343 g/mol. The van der Waals surface area contributed by atoms with Gasteiger partial charge in [0.05, 0.1) is 12.8 Å². The van der Waals surface area contributed by atoms with Gasteiger partial charge in [-0.05, 0) is 42.8 Å². The lowest BCUT2D eigenvalue weighted by atomic mass is 10.2. The molecule has 0 radical (unpaired) electrons. The van der Waals surface area contributed by atoms with E-state index in [1.54, 1.807) is 43.5 Å². The Labute approximate surface area is 145 Å². The molecule has 0 aliphatic heterocycles. The van der Waals surface area contributed by atoms with Crippen molar-refractivity contribution in [2.24, 2.45) is 0 Å². The second-order valence-electron chi connectivity index (χ2n) is 5.16. The van der Waals surface area contributed by atoms with E-state index in [9.17, 15) is 14.0 Å². The van der Waals surface area contributed by atoms with Gasteiger partial charge in [-0.1, -0.05) is 24.3 Å². The second kappa shape index (κ2) is 8.63. The highest BCUT2D eigenvalue weighted by Gasteiger charge is 2.17. The fraction of sp³-hybridized carbons (Fsp3) is 0.158. The largest absolute Gasteiger partial charge is 0.497 e. The van der Waals surface area contributed by atoms with Crippen LogP contribution in [0.2, 0.25) is 0 Å². The summed E-state index contributed by atoms with van der Waals surface area (Å²) >= 11 is 0. The minimum Gasteiger partial charge on any atom is -0.497 e. The third-order valence-electron chi connectivity index (χ3n) is 3.30. The highest BCUT2D eigenvalue weighted by Crippen LogP contribution is 2.14. The van der Waals surface area contributed by atoms with Crippen molar-refractivity contribution in [1.82, 2.24) is 0 Å². The maximum atomic E-state index is 13.5. The van der Waals surface area contributed by atoms with Crippen LogP contribution in [0.4, 0.5) is 10.1 Å². The maximum absolute atomic E-state index is 13.5. The summed E-state index contributed by atoms with van der Waals surface area (Å²) in [7, 11) is 1.55. The van der Waals surface area contributed by atoms with Gasteiger partial charge >= 0.3 is 5.97 Å². The molecule has 130 valence electrons. The maximum Gasteiger partial charge on any atom is 0.331 e. The molecule has 0 heterocycles. The van der Waals surface area contributed by atoms with Crippen molar-refractivity contribution in [3.05, 3.63) is 66.0 Å². The molecule has 0 unspecified atom stereocenters. The van der Waals surface area contributed by atoms with Crippen molar-refractivity contribution in [3.63, 3.8) is 0 Å². The number of carbonyl (C=O) groups excluding carboxylic acids is 2. The summed E-state index contributed by atoms with van der Waals surface area (Å²) < 4.78 is 23.6. The minimum atomic E-state index is -1.07. The molecule has 0 aliphatic carbocycles. The standard InChI is InChI=1S/C19H18FNO4/c1-13(19(23)21-17-9-4-3-8-16(17)20)25-18(22)11-10-14-6-5-7-15(12-14)24-2/h3-13H,1-2H3,(H,21,23)/b11-10+/t13-/m1/s1. The fourth-order valence-electron chi connectivity index (χ4n) is 1.97. The van der Waals surface area contributed by atoms with E-state index in [0.29, 0.717) is 5.75 Å². The third kappa shape index (κ3) is 5.46. The Morgan fingerprint density at radius 1 is 1.16 bits per heavy atom. The van der Waals surface area contributed by atoms with Gasteiger partial charge in [0, 0.05) is 6.08 Å². The molecule has 1 atom stereocenters. The zero-order valence-electron chi connectivity index (χ0n) is 13.9. The Hall–Kier alpha value is -3.15. The molecule has 2 aromatic carbocycles. The van der Waals surface area contributed by atoms with Gasteiger partial charge in [-0.3, -0.25) is 4.79 Å². The number of rotatable bonds is 6. The second-order valence-corrected chi connectivity index (χ2v) is 5.16. The molecule has 0 aromatic heterocycles. The van der Waals surface area contributed by atoms with Crippen LogP contribution in [0.1, 0.15) is 12.5 Å². The topological polar surface area (TPSA) is 64.6 Å². The summed E-state index contributed by atoms with van der Waals surface area (Å²) in [6.07, 6.45) is 1.69. The summed E-state index contributed by atoms with van der Waals surface area (Å²) in [5.74, 6) is -1.20. The van der Waals surface area contributed by atoms with Crippen molar-refractivity contribution < 1.29 is 23.5 Å². The minimum absolute atomic E-state index is 0.0299. The van der Waals surface area contributed by atoms with Crippen LogP contribution in [0.25, 0.3) is 6.08 Å². The number of para-hydroxylation sites is 1. The smallest absolute Gasteiger partial charge is 0.331 e. The molecule has 2 rings (SSSR count). The highest BCUT2D eigenvalue weighted by molar-refractivity contribution is 5.96. The summed E-state index contributed by atoms with van der Waals surface area (Å²) in [5.41, 5.74) is 0.780. The molecule has 0 aliphatic rings. The van der Waals surface area contributed by atoms with E-state index in [-0.39, 0.29) is 5.69 Å². The number of benzene rings is 2. The fourth-order valence-corrected chi connectivity index (χ4v) is 1.97. The number of hydrogen-bond donors (Lipinski definition) is 1. The van der Waals surface area contributed by atoms with Crippen LogP contribution >= 0.6 is 0 Å². The van der Waals surface area contributed by atoms with Gasteiger partial charge in [-0.25, -0.2) is 9.18 Å². The molecule has 0 fully saturated rings. The summed E-state index contributed by atoms with van der Waals surface area (Å²) in [6, 6.07) is 12.9. The average Bonchev–Trinajstić information content (AvgIpc) is 2.62. The van der Waals surface area contributed by atoms with Gasteiger partial charge in [0.25, 0.3) is 5.91 Å². The normalized spacial score (nSPS) is 11.8. The van der Waals surface area contributed by atoms with Crippen LogP contribution in [0, 0.1) is 5.82 Å². The highest BCUT2D eigenvalue weighted by atomic mass is 19.1. The number of halogens is 1. The van der Waals surface area contributed by atoms with Crippen molar-refractivity contribution >= 4 is 23.6 Å². The third-order valence-corrected chi connectivity index (χ3v) is 3.30. The molecule has 0 saturated carbocycles. The lowest BCUT2D eigenvalue weighted by Gasteiger charge is -2.12. The number of amides is 1. The Kier molecular flexibility index (Phi) is 6.28. The summed E-state index contributed by atoms with van der Waals surface area (Å²) in [4.78, 5) is 23.8. The van der Waals surface area contributed by atoms with Crippen molar-refractivity contribution in [2.45, 2.75) is 13.0 Å². The molecule has 0 spiro atoms. The molecule has 0 bridgehead atoms. The van der Waals surface area contributed by atoms with Crippen LogP contribution < -0.4 is 10.1 Å². The number of methoxy groups -OCH3 is 1. The predicted molar refractivity (Wildman–Crippen MR) is 92.6 cm³/mol. The van der Waals surface area contributed by atoms with Crippen molar-refractivity contribution in [1.29, 1.82) is 0 Å². The molecule has 2 aromatic rings. The van der Waals surface area contributed by atoms with Gasteiger partial charge in [-0.2, -0.15) is 0 Å². The molecular formula is C19H18FNO4. The zero-order chi connectivity index (χ0) is 18.2. The van der Waals surface area contributed by atoms with E-state index in [1.165, 1.54) is 31.2 Å². The molecule has 1 amide bonds. The molecule has 25 heavy (non-hydrogen) atoms. The summed E-state index contributed by atoms with van der Waals surface area (Å²) in [6.45, 7) is 1.41. The van der Waals surface area contributed by atoms with Gasteiger partial charge < -0.3 is 14.8 Å². The first-order chi connectivity index (χ1) is 12.0. The Morgan fingerprint density at radius 3 is 2.64 bits per heavy atom. The monoisotopic (exact) mass is 343 g/mol. The summed E-state index contributed by atoms with van der Waals surface area (Å²) in [5, 5.41) is 2.37. The van der Waals surface area contributed by atoms with E-state index in [2.05, 4.69) is 5.32 Å². The van der Waals surface area contributed by atoms with E-state index in [1.807, 2.05) is 0 Å². The van der Waals surface area contributed by atoms with Crippen LogP contribution in [-0.4, -0.2) is 25.1 Å². The molecule has 1 N–H and O–H groups in total. The number of ether oxygens (including phenoxy) is 2. The van der Waals surface area contributed by atoms with E-state index in [0.717, 1.165) is 5.56 Å². The van der Waals surface area contributed by atoms with Crippen LogP contribution in [0.5, 0.6) is 5.75 Å². The van der Waals surface area contributed by atoms with E-state index in [4.69, 9.17) is 9.47 Å². The number of esters is 1. The van der Waals surface area contributed by atoms with Crippen molar-refractivity contribution in [2.75, 3.05) is 12.4 Å². The lowest BCUT2D eigenvalue weighted by molar-refractivity contribution is -0.148. The van der Waals surface area contributed by atoms with Gasteiger partial charge in [0.1, 0.15) is 11.6 Å². The number of carbonyl (C=O) groups is 2. The van der Waals surface area contributed by atoms with Crippen LogP contribution in [-0.2, 0) is 14.3 Å². The number of nitrogens with one attached hydrogen (secondary N) is 1. The van der Waals surface area contributed by atoms with Gasteiger partial charge in [0.15, 0.2) is 6.10 Å². The first-order valence-corrected chi connectivity index (χ1v) is 7.57.